The second-order valence-corrected chi connectivity index (χ2v) is 8.07. The molecule has 3 N–H and O–H groups in total. The molecule has 2 rings (SSSR count). The first-order chi connectivity index (χ1) is 10.3. The van der Waals surface area contributed by atoms with Crippen molar-refractivity contribution in [3.05, 3.63) is 0 Å². The zero-order valence-electron chi connectivity index (χ0n) is 15.6. The van der Waals surface area contributed by atoms with E-state index in [4.69, 9.17) is 5.73 Å². The molecular formula is C17H36Cl2N4O. The number of amides is 1. The standard InChI is InChI=1S/C17H34N4O.2ClH/c1-13(2)21-9-5-14(6-10-21)19-16(22)11-20-8-7-15(18)17(3,4)12-20;;/h13-15H,5-12,18H2,1-4H3,(H,19,22);2*1H. The molecular weight excluding hydrogens is 347 g/mol. The van der Waals surface area contributed by atoms with E-state index in [0.29, 0.717) is 18.6 Å². The summed E-state index contributed by atoms with van der Waals surface area (Å²) in [6.45, 7) is 13.4. The van der Waals surface area contributed by atoms with Crippen molar-refractivity contribution in [2.45, 2.75) is 65.1 Å². The lowest BCUT2D eigenvalue weighted by atomic mass is 9.80. The molecule has 1 unspecified atom stereocenters. The summed E-state index contributed by atoms with van der Waals surface area (Å²) in [5.74, 6) is 0.175. The lowest BCUT2D eigenvalue weighted by molar-refractivity contribution is -0.124. The first kappa shape index (κ1) is 23.9. The van der Waals surface area contributed by atoms with Crippen LogP contribution in [0.25, 0.3) is 0 Å². The lowest BCUT2D eigenvalue weighted by Gasteiger charge is -2.42. The Bertz CT molecular complexity index is 385. The molecule has 5 nitrogen and oxygen atoms in total. The van der Waals surface area contributed by atoms with E-state index in [-0.39, 0.29) is 42.2 Å². The summed E-state index contributed by atoms with van der Waals surface area (Å²) in [7, 11) is 0. The summed E-state index contributed by atoms with van der Waals surface area (Å²) >= 11 is 0. The number of nitrogens with zero attached hydrogens (tertiary/aromatic N) is 2. The Balaban J connectivity index is 0.00000264. The third-order valence-corrected chi connectivity index (χ3v) is 5.38. The van der Waals surface area contributed by atoms with Gasteiger partial charge < -0.3 is 16.0 Å². The molecule has 0 radical (unpaired) electrons. The molecule has 2 aliphatic rings. The molecule has 0 aromatic heterocycles. The molecule has 24 heavy (non-hydrogen) atoms. The van der Waals surface area contributed by atoms with E-state index < -0.39 is 0 Å². The van der Waals surface area contributed by atoms with Crippen molar-refractivity contribution in [2.75, 3.05) is 32.7 Å². The van der Waals surface area contributed by atoms with Gasteiger partial charge in [0.05, 0.1) is 6.54 Å². The maximum absolute atomic E-state index is 12.3. The van der Waals surface area contributed by atoms with Gasteiger partial charge in [-0.25, -0.2) is 0 Å². The van der Waals surface area contributed by atoms with E-state index in [1.165, 1.54) is 0 Å². The van der Waals surface area contributed by atoms with E-state index in [2.05, 4.69) is 42.8 Å². The van der Waals surface area contributed by atoms with Crippen LogP contribution < -0.4 is 11.1 Å². The smallest absolute Gasteiger partial charge is 0.234 e. The van der Waals surface area contributed by atoms with Crippen molar-refractivity contribution in [3.8, 4) is 0 Å². The summed E-state index contributed by atoms with van der Waals surface area (Å²) in [6.07, 6.45) is 3.12. The van der Waals surface area contributed by atoms with E-state index in [0.717, 1.165) is 45.4 Å². The zero-order chi connectivity index (χ0) is 16.3. The van der Waals surface area contributed by atoms with Crippen LogP contribution >= 0.6 is 24.8 Å². The second-order valence-electron chi connectivity index (χ2n) is 8.07. The first-order valence-electron chi connectivity index (χ1n) is 8.79. The fourth-order valence-electron chi connectivity index (χ4n) is 3.66. The van der Waals surface area contributed by atoms with Crippen molar-refractivity contribution in [1.29, 1.82) is 0 Å². The Morgan fingerprint density at radius 3 is 2.25 bits per heavy atom. The van der Waals surface area contributed by atoms with Crippen molar-refractivity contribution in [3.63, 3.8) is 0 Å². The maximum atomic E-state index is 12.3. The predicted octanol–water partition coefficient (Wildman–Crippen LogP) is 1.88. The number of carbonyl (C=O) groups is 1. The van der Waals surface area contributed by atoms with E-state index in [1.54, 1.807) is 0 Å². The van der Waals surface area contributed by atoms with Crippen molar-refractivity contribution >= 4 is 30.7 Å². The highest BCUT2D eigenvalue weighted by atomic mass is 35.5. The number of nitrogens with two attached hydrogens (primary N) is 1. The van der Waals surface area contributed by atoms with E-state index >= 15 is 0 Å². The number of hydrogen-bond donors (Lipinski definition) is 2. The minimum atomic E-state index is 0. The largest absolute Gasteiger partial charge is 0.352 e. The molecule has 7 heteroatoms. The van der Waals surface area contributed by atoms with Crippen LogP contribution in [-0.4, -0.2) is 66.6 Å². The molecule has 2 fully saturated rings. The SMILES string of the molecule is CC(C)N1CCC(NC(=O)CN2CCC(N)C(C)(C)C2)CC1.Cl.Cl. The van der Waals surface area contributed by atoms with Crippen LogP contribution in [0.5, 0.6) is 0 Å². The molecule has 1 atom stereocenters. The van der Waals surface area contributed by atoms with Gasteiger partial charge in [0, 0.05) is 44.3 Å². The van der Waals surface area contributed by atoms with Crippen LogP contribution in [0.2, 0.25) is 0 Å². The van der Waals surface area contributed by atoms with Crippen LogP contribution in [-0.2, 0) is 4.79 Å². The highest BCUT2D eigenvalue weighted by Gasteiger charge is 2.34. The summed E-state index contributed by atoms with van der Waals surface area (Å²) in [4.78, 5) is 17.0. The molecule has 2 saturated heterocycles. The molecule has 0 bridgehead atoms. The van der Waals surface area contributed by atoms with Gasteiger partial charge in [0.1, 0.15) is 0 Å². The van der Waals surface area contributed by atoms with Crippen LogP contribution in [0, 0.1) is 5.41 Å². The molecule has 0 saturated carbocycles. The highest BCUT2D eigenvalue weighted by molar-refractivity contribution is 5.85. The molecule has 0 spiro atoms. The topological polar surface area (TPSA) is 61.6 Å². The molecule has 0 aromatic rings. The molecule has 2 heterocycles. The van der Waals surface area contributed by atoms with E-state index in [1.807, 2.05) is 0 Å². The average molecular weight is 383 g/mol. The van der Waals surface area contributed by atoms with Crippen molar-refractivity contribution in [1.82, 2.24) is 15.1 Å². The fraction of sp³-hybridized carbons (Fsp3) is 0.941. The second kappa shape index (κ2) is 10.2. The summed E-state index contributed by atoms with van der Waals surface area (Å²) in [5.41, 5.74) is 6.26. The maximum Gasteiger partial charge on any atom is 0.234 e. The van der Waals surface area contributed by atoms with Gasteiger partial charge in [0.25, 0.3) is 0 Å². The number of piperidine rings is 2. The van der Waals surface area contributed by atoms with Crippen LogP contribution in [0.3, 0.4) is 0 Å². The minimum Gasteiger partial charge on any atom is -0.352 e. The Morgan fingerprint density at radius 2 is 1.75 bits per heavy atom. The fourth-order valence-corrected chi connectivity index (χ4v) is 3.66. The quantitative estimate of drug-likeness (QED) is 0.778. The number of hydrogen-bond acceptors (Lipinski definition) is 4. The minimum absolute atomic E-state index is 0. The number of likely N-dealkylation sites (tertiary alicyclic amines) is 2. The number of nitrogens with one attached hydrogen (secondary N) is 1. The molecule has 1 amide bonds. The Labute approximate surface area is 159 Å². The zero-order valence-corrected chi connectivity index (χ0v) is 17.2. The normalized spacial score (nSPS) is 25.7. The van der Waals surface area contributed by atoms with Gasteiger partial charge in [-0.2, -0.15) is 0 Å². The van der Waals surface area contributed by atoms with Crippen LogP contribution in [0.4, 0.5) is 0 Å². The monoisotopic (exact) mass is 382 g/mol. The molecule has 2 aliphatic heterocycles. The number of halogens is 2. The van der Waals surface area contributed by atoms with Gasteiger partial charge >= 0.3 is 0 Å². The number of rotatable bonds is 4. The molecule has 0 aliphatic carbocycles. The summed E-state index contributed by atoms with van der Waals surface area (Å²) < 4.78 is 0. The van der Waals surface area contributed by atoms with E-state index in [9.17, 15) is 4.79 Å². The Morgan fingerprint density at radius 1 is 1.17 bits per heavy atom. The average Bonchev–Trinajstić information content (AvgIpc) is 2.43. The van der Waals surface area contributed by atoms with Gasteiger partial charge in [-0.15, -0.1) is 24.8 Å². The summed E-state index contributed by atoms with van der Waals surface area (Å²) in [5, 5.41) is 3.23. The predicted molar refractivity (Wildman–Crippen MR) is 105 cm³/mol. The first-order valence-corrected chi connectivity index (χ1v) is 8.79. The third kappa shape index (κ3) is 6.68. The summed E-state index contributed by atoms with van der Waals surface area (Å²) in [6, 6.07) is 1.20. The lowest BCUT2D eigenvalue weighted by Crippen LogP contribution is -2.55. The number of carbonyl (C=O) groups excluding carboxylic acids is 1. The Hall–Kier alpha value is -0.0700. The van der Waals surface area contributed by atoms with Gasteiger partial charge in [-0.1, -0.05) is 13.8 Å². The van der Waals surface area contributed by atoms with Crippen molar-refractivity contribution < 1.29 is 4.79 Å². The molecule has 144 valence electrons. The highest BCUT2D eigenvalue weighted by Crippen LogP contribution is 2.27. The van der Waals surface area contributed by atoms with Crippen LogP contribution in [0.15, 0.2) is 0 Å². The molecule has 0 aromatic carbocycles. The van der Waals surface area contributed by atoms with Crippen molar-refractivity contribution in [2.24, 2.45) is 11.1 Å². The van der Waals surface area contributed by atoms with Gasteiger partial charge in [-0.05, 0) is 38.5 Å². The Kier molecular flexibility index (Phi) is 10.1. The third-order valence-electron chi connectivity index (χ3n) is 5.38. The van der Waals surface area contributed by atoms with Gasteiger partial charge in [0.15, 0.2) is 0 Å². The van der Waals surface area contributed by atoms with Gasteiger partial charge in [-0.3, -0.25) is 9.69 Å². The van der Waals surface area contributed by atoms with Gasteiger partial charge in [0.2, 0.25) is 5.91 Å². The van der Waals surface area contributed by atoms with Crippen LogP contribution in [0.1, 0.15) is 47.0 Å².